The number of allylic oxidation sites excluding steroid dienone is 4. The minimum absolute atomic E-state index is 0. The van der Waals surface area contributed by atoms with Gasteiger partial charge in [-0.2, -0.15) is 0 Å². The second kappa shape index (κ2) is 20.2. The molecule has 1 N–H and O–H groups in total. The minimum Gasteiger partial charge on any atom is 2.00 e. The summed E-state index contributed by atoms with van der Waals surface area (Å²) in [6, 6.07) is 21.1. The van der Waals surface area contributed by atoms with Crippen molar-refractivity contribution in [2.24, 2.45) is 20.0 Å². The standard InChI is InChI=1S/C34H46N6.2F6P.Ni/c1-5-22-40(27-32-16-10-7-11-17-32)30(4)34-26-37-19-12-18-35-24-33(25-36-20-13-21-38-29(34)3)28(2)39-23-31-14-8-6-9-15-31;2*1-7(2,3,4,5)6;/h6-11,14-17,24-26,39H,5,12-13,18-23,27H2,1-4H3;;;/q;2*-1;+2/b33-28+,34-30-,35-24?,36-25?,37-26?,38-29?;;;. The number of nitrogens with one attached hydrogen (secondary N) is 1. The summed E-state index contributed by atoms with van der Waals surface area (Å²) >= 11 is 0. The molecule has 0 amide bonds. The molecule has 6 nitrogen and oxygen atoms in total. The van der Waals surface area contributed by atoms with E-state index in [1.165, 1.54) is 16.8 Å². The fraction of sp³-hybridized carbons (Fsp3) is 0.412. The van der Waals surface area contributed by atoms with Gasteiger partial charge in [0.25, 0.3) is 0 Å². The number of hydrogen-bond donors (Lipinski definition) is 1. The van der Waals surface area contributed by atoms with E-state index in [-0.39, 0.29) is 16.5 Å². The molecule has 0 radical (unpaired) electrons. The maximum absolute atomic E-state index is 10.7. The first-order valence-corrected chi connectivity index (χ1v) is 20.7. The van der Waals surface area contributed by atoms with E-state index in [0.717, 1.165) is 87.6 Å². The molecule has 3 rings (SSSR count). The predicted octanol–water partition coefficient (Wildman–Crippen LogP) is 13.5. The molecule has 0 saturated carbocycles. The van der Waals surface area contributed by atoms with Crippen molar-refractivity contribution in [3.63, 3.8) is 0 Å². The van der Waals surface area contributed by atoms with Crippen LogP contribution < -0.4 is 5.32 Å². The molecule has 2 aromatic rings. The Morgan fingerprint density at radius 3 is 1.53 bits per heavy atom. The summed E-state index contributed by atoms with van der Waals surface area (Å²) in [5.41, 5.74) is 8.02. The van der Waals surface area contributed by atoms with Gasteiger partial charge in [0.15, 0.2) is 0 Å². The number of benzene rings is 2. The van der Waals surface area contributed by atoms with Crippen LogP contribution in [0.5, 0.6) is 0 Å². The van der Waals surface area contributed by atoms with Crippen molar-refractivity contribution in [1.82, 2.24) is 10.2 Å². The van der Waals surface area contributed by atoms with Gasteiger partial charge < -0.3 is 10.2 Å². The molecule has 1 aliphatic rings. The Morgan fingerprint density at radius 2 is 1.07 bits per heavy atom. The van der Waals surface area contributed by atoms with Crippen molar-refractivity contribution in [2.45, 2.75) is 60.0 Å². The van der Waals surface area contributed by atoms with Crippen LogP contribution in [0.2, 0.25) is 0 Å². The summed E-state index contributed by atoms with van der Waals surface area (Å²) in [4.78, 5) is 21.6. The third-order valence-electron chi connectivity index (χ3n) is 6.85. The Bertz CT molecular complexity index is 1610. The summed E-state index contributed by atoms with van der Waals surface area (Å²) in [6.07, 6.45) is 8.77. The fourth-order valence-electron chi connectivity index (χ4n) is 4.45. The van der Waals surface area contributed by atoms with E-state index in [9.17, 15) is 50.4 Å². The van der Waals surface area contributed by atoms with Gasteiger partial charge in [-0.15, -0.1) is 0 Å². The molecule has 2 aromatic carbocycles. The molecule has 0 spiro atoms. The van der Waals surface area contributed by atoms with E-state index in [4.69, 9.17) is 20.0 Å². The van der Waals surface area contributed by atoms with E-state index in [1.54, 1.807) is 0 Å². The molecular formula is C34H46F12N6NiP2. The number of rotatable bonds is 8. The maximum Gasteiger partial charge on any atom is 2.00 e. The van der Waals surface area contributed by atoms with Crippen molar-refractivity contribution < 1.29 is 66.9 Å². The van der Waals surface area contributed by atoms with Gasteiger partial charge in [-0.3, -0.25) is 20.0 Å². The smallest absolute Gasteiger partial charge is 2.00 e. The molecule has 0 saturated heterocycles. The quantitative estimate of drug-likeness (QED) is 0.163. The Labute approximate surface area is 323 Å². The molecule has 316 valence electrons. The first-order valence-electron chi connectivity index (χ1n) is 16.6. The zero-order valence-corrected chi connectivity index (χ0v) is 33.3. The topological polar surface area (TPSA) is 64.7 Å². The average molecular weight is 887 g/mol. The molecule has 0 fully saturated rings. The van der Waals surface area contributed by atoms with Crippen LogP contribution in [0.25, 0.3) is 0 Å². The maximum atomic E-state index is 9.87. The van der Waals surface area contributed by atoms with Gasteiger partial charge in [0.05, 0.1) is 0 Å². The molecule has 1 heterocycles. The normalized spacial score (nSPS) is 18.8. The predicted molar refractivity (Wildman–Crippen MR) is 200 cm³/mol. The number of hydrogen-bond acceptors (Lipinski definition) is 6. The van der Waals surface area contributed by atoms with Crippen LogP contribution in [-0.2, 0) is 29.6 Å². The van der Waals surface area contributed by atoms with E-state index in [1.807, 2.05) is 24.7 Å². The van der Waals surface area contributed by atoms with Crippen LogP contribution in [0, 0.1) is 0 Å². The fourth-order valence-corrected chi connectivity index (χ4v) is 4.45. The molecular weight excluding hydrogens is 841 g/mol. The number of nitrogens with zero attached hydrogens (tertiary/aromatic N) is 5. The van der Waals surface area contributed by atoms with Crippen LogP contribution in [0.15, 0.2) is 103 Å². The molecule has 0 atom stereocenters. The van der Waals surface area contributed by atoms with Crippen molar-refractivity contribution in [2.75, 3.05) is 32.7 Å². The van der Waals surface area contributed by atoms with Crippen molar-refractivity contribution in [3.05, 3.63) is 94.3 Å². The molecule has 0 aromatic heterocycles. The zero-order chi connectivity index (χ0) is 41.2. The molecule has 0 unspecified atom stereocenters. The van der Waals surface area contributed by atoms with Gasteiger partial charge in [0, 0.05) is 92.7 Å². The molecule has 0 bridgehead atoms. The van der Waals surface area contributed by atoms with Gasteiger partial charge in [-0.1, -0.05) is 67.6 Å². The van der Waals surface area contributed by atoms with Gasteiger partial charge >= 0.3 is 82.5 Å². The van der Waals surface area contributed by atoms with Crippen LogP contribution in [-0.4, -0.2) is 62.0 Å². The molecule has 1 aliphatic heterocycles. The van der Waals surface area contributed by atoms with Gasteiger partial charge in [0.2, 0.25) is 0 Å². The third kappa shape index (κ3) is 33.8. The monoisotopic (exact) mass is 886 g/mol. The first-order chi connectivity index (χ1) is 24.5. The number of halogens is 12. The second-order valence-corrected chi connectivity index (χ2v) is 15.9. The average Bonchev–Trinajstić information content (AvgIpc) is 3.02. The summed E-state index contributed by atoms with van der Waals surface area (Å²) in [5.74, 6) is 0. The first kappa shape index (κ1) is 51.7. The summed E-state index contributed by atoms with van der Waals surface area (Å²) in [5, 5.41) is 3.52. The van der Waals surface area contributed by atoms with Crippen LogP contribution in [0.3, 0.4) is 0 Å². The molecule has 0 aliphatic carbocycles. The van der Waals surface area contributed by atoms with Gasteiger partial charge in [-0.25, -0.2) is 0 Å². The minimum atomic E-state index is -10.7. The Morgan fingerprint density at radius 1 is 0.655 bits per heavy atom. The summed E-state index contributed by atoms with van der Waals surface area (Å²) in [6.45, 7) is 14.2. The summed E-state index contributed by atoms with van der Waals surface area (Å²) in [7, 11) is -21.3. The SMILES string of the molecule is CCCN(Cc1ccccc1)/C(C)=C1/C=NCCCN=C/C(=C(/C)NCc2ccccc2)C=NCCCN=C1C.F[P-](F)(F)(F)(F)F.F[P-](F)(F)(F)(F)F.[Ni+2]. The van der Waals surface area contributed by atoms with Crippen LogP contribution >= 0.6 is 15.6 Å². The van der Waals surface area contributed by atoms with Crippen molar-refractivity contribution >= 4 is 40.0 Å². The van der Waals surface area contributed by atoms with E-state index >= 15 is 0 Å². The molecule has 55 heavy (non-hydrogen) atoms. The molecule has 21 heteroatoms. The van der Waals surface area contributed by atoms with E-state index < -0.39 is 15.6 Å². The Kier molecular flexibility index (Phi) is 19.0. The van der Waals surface area contributed by atoms with E-state index in [2.05, 4.69) is 92.5 Å². The van der Waals surface area contributed by atoms with Gasteiger partial charge in [0.1, 0.15) is 0 Å². The van der Waals surface area contributed by atoms with Gasteiger partial charge in [-0.05, 0) is 51.2 Å². The van der Waals surface area contributed by atoms with Crippen molar-refractivity contribution in [1.29, 1.82) is 0 Å². The second-order valence-electron chi connectivity index (χ2n) is 12.0. The summed E-state index contributed by atoms with van der Waals surface area (Å²) < 4.78 is 118. The van der Waals surface area contributed by atoms with Crippen molar-refractivity contribution in [3.8, 4) is 0 Å². The Balaban J connectivity index is 0.00000165. The third-order valence-corrected chi connectivity index (χ3v) is 6.85. The Hall–Kier alpha value is -3.29. The van der Waals surface area contributed by atoms with E-state index in [0.29, 0.717) is 0 Å². The number of aliphatic imine (C=N–C) groups is 4. The zero-order valence-electron chi connectivity index (χ0n) is 30.6. The van der Waals surface area contributed by atoms with Crippen LogP contribution in [0.4, 0.5) is 50.4 Å². The largest absolute Gasteiger partial charge is 2.00 e. The van der Waals surface area contributed by atoms with Crippen LogP contribution in [0.1, 0.15) is 58.1 Å².